The summed E-state index contributed by atoms with van der Waals surface area (Å²) in [7, 11) is 2.92. The van der Waals surface area contributed by atoms with Crippen LogP contribution in [0.3, 0.4) is 0 Å². The highest BCUT2D eigenvalue weighted by molar-refractivity contribution is 7.11. The highest BCUT2D eigenvalue weighted by atomic mass is 35.5. The second-order valence-corrected chi connectivity index (χ2v) is 20.7. The summed E-state index contributed by atoms with van der Waals surface area (Å²) in [5.41, 5.74) is 10.0. The van der Waals surface area contributed by atoms with Gasteiger partial charge in [-0.2, -0.15) is 20.3 Å². The van der Waals surface area contributed by atoms with E-state index in [1.807, 2.05) is 6.07 Å². The number of oxazole rings is 1. The van der Waals surface area contributed by atoms with Gasteiger partial charge < -0.3 is 90.9 Å². The zero-order valence-corrected chi connectivity index (χ0v) is 59.6. The predicted octanol–water partition coefficient (Wildman–Crippen LogP) is 3.95. The highest BCUT2D eigenvalue weighted by Crippen LogP contribution is 2.16. The molecule has 0 amide bonds. The number of aromatic nitrogens is 20. The lowest BCUT2D eigenvalue weighted by atomic mass is 9.99. The number of anilines is 1. The molecule has 47 nitrogen and oxygen atoms in total. The maximum Gasteiger partial charge on any atom is 0.375 e. The average Bonchev–Trinajstić information content (AvgIpc) is 1.01. The van der Waals surface area contributed by atoms with E-state index in [0.717, 1.165) is 55.4 Å². The first-order valence-corrected chi connectivity index (χ1v) is 31.1. The second kappa shape index (κ2) is 53.2. The number of nitrogens with two attached hydrogens (primary N) is 1. The molecule has 1 saturated heterocycles. The molecule has 1 aliphatic heterocycles. The van der Waals surface area contributed by atoms with Crippen molar-refractivity contribution in [2.75, 3.05) is 25.9 Å². The van der Waals surface area contributed by atoms with Crippen molar-refractivity contribution in [2.24, 2.45) is 13.0 Å². The van der Waals surface area contributed by atoms with Crippen molar-refractivity contribution in [1.82, 2.24) is 105 Å². The molecule has 49 heteroatoms. The summed E-state index contributed by atoms with van der Waals surface area (Å²) < 4.78 is 10.2. The minimum Gasteiger partial charge on any atom is -0.481 e. The summed E-state index contributed by atoms with van der Waals surface area (Å²) in [5, 5.41) is 114. The number of carboxylic acids is 11. The van der Waals surface area contributed by atoms with E-state index in [9.17, 15) is 57.5 Å². The zero-order valence-electron chi connectivity index (χ0n) is 58.0. The molecule has 0 aliphatic carbocycles. The van der Waals surface area contributed by atoms with Gasteiger partial charge in [0.25, 0.3) is 0 Å². The van der Waals surface area contributed by atoms with Gasteiger partial charge in [-0.1, -0.05) is 18.2 Å². The number of aryl methyl sites for hydroxylation is 2. The first-order chi connectivity index (χ1) is 52.9. The van der Waals surface area contributed by atoms with Crippen molar-refractivity contribution in [1.29, 1.82) is 0 Å². The number of nitrogens with zero attached hydrogens (tertiary/aromatic N) is 16. The third-order valence-electron chi connectivity index (χ3n) is 12.0. The Morgan fingerprint density at radius 3 is 1.64 bits per heavy atom. The van der Waals surface area contributed by atoms with Crippen molar-refractivity contribution in [2.45, 2.75) is 32.6 Å². The van der Waals surface area contributed by atoms with Gasteiger partial charge in [0, 0.05) is 49.1 Å². The molecule has 1 aromatic carbocycles. The number of aromatic amines is 4. The first kappa shape index (κ1) is 94.4. The van der Waals surface area contributed by atoms with Gasteiger partial charge in [0.1, 0.15) is 28.9 Å². The number of esters is 1. The van der Waals surface area contributed by atoms with Gasteiger partial charge in [-0.05, 0) is 74.8 Å². The number of rotatable bonds is 14. The molecule has 12 aromatic rings. The van der Waals surface area contributed by atoms with E-state index in [4.69, 9.17) is 61.9 Å². The molecule has 12 heterocycles. The number of piperidine rings is 1. The number of fused-ring (bicyclic) bond motifs is 1. The predicted molar refractivity (Wildman–Crippen MR) is 381 cm³/mol. The van der Waals surface area contributed by atoms with Crippen molar-refractivity contribution < 1.29 is 123 Å². The monoisotopic (exact) mass is 1600 g/mol. The number of aromatic carboxylic acids is 8. The second-order valence-electron chi connectivity index (χ2n) is 19.8. The van der Waals surface area contributed by atoms with Crippen LogP contribution in [0.5, 0.6) is 0 Å². The molecule has 0 radical (unpaired) electrons. The van der Waals surface area contributed by atoms with Crippen LogP contribution in [0, 0.1) is 12.8 Å². The fourth-order valence-electron chi connectivity index (χ4n) is 6.94. The largest absolute Gasteiger partial charge is 0.481 e. The van der Waals surface area contributed by atoms with Gasteiger partial charge >= 0.3 is 71.6 Å². The van der Waals surface area contributed by atoms with Crippen LogP contribution in [-0.4, -0.2) is 248 Å². The lowest BCUT2D eigenvalue weighted by Crippen LogP contribution is -2.31. The van der Waals surface area contributed by atoms with Gasteiger partial charge in [-0.25, -0.2) is 83.0 Å². The smallest absolute Gasteiger partial charge is 0.375 e. The molecular formula is C63H67ClN22O25S. The average molecular weight is 1600 g/mol. The van der Waals surface area contributed by atoms with E-state index in [1.54, 1.807) is 56.7 Å². The SMILES string of the molecule is COC(=O)c1ncn[nH]1.Cc1ncsc1C(=O)O.Cl.Cn1cncc1C(=O)O.Nc1n[nH]c(C(=O)O)n1.O=C(O)C1CCNCC1.O=C(O)Cc1ccncc1.O=C(O)Cc1cnc[nH]1.O=C(O)c1ccnc2ccccc12.O=C(O)c1ccncn1.O=C(O)c1ccnnc1.O=C(O)c1cnc[nH]1.O=C(O)c1cnco1. The Morgan fingerprint density at radius 2 is 1.27 bits per heavy atom. The van der Waals surface area contributed by atoms with Gasteiger partial charge in [0.15, 0.2) is 12.1 Å². The fraction of sp³-hybridized carbons (Fsp3) is 0.159. The molecule has 0 saturated carbocycles. The van der Waals surface area contributed by atoms with Crippen LogP contribution >= 0.6 is 23.7 Å². The minimum absolute atomic E-state index is 0. The maximum atomic E-state index is 10.8. The molecule has 1 aliphatic rings. The summed E-state index contributed by atoms with van der Waals surface area (Å²) in [6.07, 6.45) is 23.2. The van der Waals surface area contributed by atoms with Crippen molar-refractivity contribution in [3.8, 4) is 0 Å². The van der Waals surface area contributed by atoms with E-state index < -0.39 is 71.6 Å². The summed E-state index contributed by atoms with van der Waals surface area (Å²) in [6, 6.07) is 14.8. The summed E-state index contributed by atoms with van der Waals surface area (Å²) >= 11 is 1.15. The number of methoxy groups -OCH3 is 1. The Labute approximate surface area is 636 Å². The summed E-state index contributed by atoms with van der Waals surface area (Å²) in [4.78, 5) is 168. The molecule has 0 atom stereocenters. The number of H-pyrrole nitrogens is 4. The summed E-state index contributed by atoms with van der Waals surface area (Å²) in [6.45, 7) is 3.40. The Bertz CT molecular complexity index is 4640. The first-order valence-electron chi connectivity index (χ1n) is 30.2. The number of nitrogens with one attached hydrogen (secondary N) is 5. The standard InChI is InChI=1S/C10H7NO2.C7H7NO2.C6H11NO2.2C5H6N2O2.2C5H4N2O2.C5H5NO2S.C4H5N3O2.C4H4N2O2.C4H3NO3.C3H4N4O2.ClH/c12-10(13)8-5-6-11-9-4-2-1-3-7(8)9;9-7(10)5-6-1-3-8-4-2-6;8-6(9)5-1-3-7-4-2-5;1-7-3-6-2-4(7)5(8)9;8-5(9)1-4-2-6-3-7-4;8-5(9)4-1-2-6-3-7-4;8-5(9)4-1-2-6-7-3-4;1-3-4(5(7)8)9-2-6-3;1-9-4(8)3-5-2-6-7-3;7-4(8)3-1-5-2-6-3;6-4(7)3-1-5-2-8-3;4-3-5-1(2(8)9)6-7-3;/h1-6H,(H,12,13);1-4H,5H2,(H,9,10);5,7H,1-4H2,(H,8,9);2-3H,1H3,(H,8,9);2-3H,1H2,(H,6,7)(H,8,9);2*1-3H,(H,8,9);2H,1H3,(H,7,8);2H,1H3,(H,5,6,7);1-2H,(H,5,6)(H,7,8);1-2H,(H,6,7);(H,8,9)(H3,4,5,6,7);1H. The Balaban J connectivity index is 0.000000612. The Morgan fingerprint density at radius 1 is 0.598 bits per heavy atom. The van der Waals surface area contributed by atoms with Gasteiger partial charge in [-0.15, -0.1) is 28.8 Å². The van der Waals surface area contributed by atoms with E-state index >= 15 is 0 Å². The highest BCUT2D eigenvalue weighted by Gasteiger charge is 2.19. The maximum absolute atomic E-state index is 10.8. The molecule has 0 unspecified atom stereocenters. The van der Waals surface area contributed by atoms with Crippen LogP contribution in [0.4, 0.5) is 5.95 Å². The number of aliphatic carboxylic acids is 3. The van der Waals surface area contributed by atoms with E-state index in [2.05, 4.69) is 110 Å². The lowest BCUT2D eigenvalue weighted by Gasteiger charge is -2.17. The molecular weight excluding hydrogens is 1530 g/mol. The molecule has 0 bridgehead atoms. The van der Waals surface area contributed by atoms with E-state index in [-0.39, 0.29) is 77.2 Å². The number of pyridine rings is 2. The molecule has 0 spiro atoms. The number of carboxylic acid groups (broad SMARTS) is 11. The lowest BCUT2D eigenvalue weighted by molar-refractivity contribution is -0.142. The number of hydrogen-bond acceptors (Lipinski definition) is 32. The van der Waals surface area contributed by atoms with E-state index in [0.29, 0.717) is 32.7 Å². The molecule has 13 rings (SSSR count). The van der Waals surface area contributed by atoms with Crippen molar-refractivity contribution >= 4 is 112 Å². The topological polar surface area (TPSA) is 749 Å². The quantitative estimate of drug-likeness (QED) is 0.0685. The molecule has 11 aromatic heterocycles. The van der Waals surface area contributed by atoms with Gasteiger partial charge in [0.05, 0.1) is 104 Å². The number of ether oxygens (including phenoxy) is 1. The number of nitrogen functional groups attached to an aromatic ring is 1. The van der Waals surface area contributed by atoms with Crippen molar-refractivity contribution in [3.05, 3.63) is 228 Å². The number of halogens is 1. The van der Waals surface area contributed by atoms with Gasteiger partial charge in [-0.3, -0.25) is 34.5 Å². The number of hydrogen-bond donors (Lipinski definition) is 17. The van der Waals surface area contributed by atoms with E-state index in [1.165, 1.54) is 110 Å². The van der Waals surface area contributed by atoms with Gasteiger partial charge in [0.2, 0.25) is 23.4 Å². The molecule has 592 valence electrons. The Kier molecular flexibility index (Phi) is 44.8. The van der Waals surface area contributed by atoms with Crippen LogP contribution in [0.1, 0.15) is 123 Å². The molecule has 112 heavy (non-hydrogen) atoms. The van der Waals surface area contributed by atoms with Crippen LogP contribution in [0.2, 0.25) is 0 Å². The van der Waals surface area contributed by atoms with Crippen LogP contribution in [0.25, 0.3) is 10.9 Å². The van der Waals surface area contributed by atoms with Crippen LogP contribution in [-0.2, 0) is 39.0 Å². The normalized spacial score (nSPS) is 10.2. The molecule has 1 fully saturated rings. The van der Waals surface area contributed by atoms with Crippen LogP contribution in [0.15, 0.2) is 165 Å². The number of thiazole rings is 1. The summed E-state index contributed by atoms with van der Waals surface area (Å²) in [5.74, 6) is -11.2. The minimum atomic E-state index is -1.17. The number of para-hydroxylation sites is 1. The zero-order chi connectivity index (χ0) is 82.6. The number of carbonyl (C=O) groups excluding carboxylic acids is 1. The molecule has 18 N–H and O–H groups in total. The number of imidazole rings is 3. The Hall–Kier alpha value is -15.6. The van der Waals surface area contributed by atoms with Crippen LogP contribution < -0.4 is 11.1 Å². The third kappa shape index (κ3) is 39.5. The van der Waals surface area contributed by atoms with Crippen molar-refractivity contribution in [3.63, 3.8) is 0 Å². The fourth-order valence-corrected chi connectivity index (χ4v) is 7.58. The number of carbonyl (C=O) groups is 12. The third-order valence-corrected chi connectivity index (χ3v) is 13.0. The number of benzene rings is 1.